The van der Waals surface area contributed by atoms with Crippen LogP contribution in [-0.4, -0.2) is 25.4 Å². The molecule has 0 saturated carbocycles. The van der Waals surface area contributed by atoms with Crippen molar-refractivity contribution in [1.29, 1.82) is 0 Å². The van der Waals surface area contributed by atoms with E-state index in [4.69, 9.17) is 21.4 Å². The summed E-state index contributed by atoms with van der Waals surface area (Å²) in [6.45, 7) is 0. The van der Waals surface area contributed by atoms with Gasteiger partial charge in [-0.05, 0) is 12.1 Å². The minimum absolute atomic E-state index is 0.342. The molecule has 0 aliphatic carbocycles. The molecule has 0 unspecified atom stereocenters. The first-order valence-corrected chi connectivity index (χ1v) is 4.24. The first-order chi connectivity index (χ1) is 6.56. The van der Waals surface area contributed by atoms with Crippen LogP contribution in [0.25, 0.3) is 0 Å². The van der Waals surface area contributed by atoms with Gasteiger partial charge in [-0.25, -0.2) is 4.79 Å². The van der Waals surface area contributed by atoms with Gasteiger partial charge in [0.2, 0.25) is 0 Å². The summed E-state index contributed by atoms with van der Waals surface area (Å²) >= 11 is 5.86. The molecule has 1 aromatic rings. The number of hydrogen-bond donors (Lipinski definition) is 1. The third-order valence-corrected chi connectivity index (χ3v) is 2.11. The lowest BCUT2D eigenvalue weighted by Crippen LogP contribution is -2.23. The number of carbonyl (C=O) groups is 1. The SMILES string of the molecule is COc1ccc(N(C)C(=O)O)c(Cl)c1. The number of rotatable bonds is 2. The Labute approximate surface area is 86.7 Å². The van der Waals surface area contributed by atoms with Gasteiger partial charge < -0.3 is 9.84 Å². The van der Waals surface area contributed by atoms with Gasteiger partial charge in [0.1, 0.15) is 5.75 Å². The summed E-state index contributed by atoms with van der Waals surface area (Å²) in [7, 11) is 2.95. The molecule has 1 aromatic carbocycles. The van der Waals surface area contributed by atoms with Gasteiger partial charge in [-0.1, -0.05) is 11.6 Å². The number of anilines is 1. The summed E-state index contributed by atoms with van der Waals surface area (Å²) in [6.07, 6.45) is -1.06. The summed E-state index contributed by atoms with van der Waals surface area (Å²) in [5.74, 6) is 0.595. The highest BCUT2D eigenvalue weighted by Gasteiger charge is 2.12. The third-order valence-electron chi connectivity index (χ3n) is 1.80. The maximum Gasteiger partial charge on any atom is 0.411 e. The molecule has 1 N–H and O–H groups in total. The van der Waals surface area contributed by atoms with E-state index in [0.29, 0.717) is 16.5 Å². The fourth-order valence-electron chi connectivity index (χ4n) is 0.990. The molecule has 0 heterocycles. The summed E-state index contributed by atoms with van der Waals surface area (Å²) < 4.78 is 4.94. The molecule has 0 radical (unpaired) electrons. The van der Waals surface area contributed by atoms with Crippen LogP contribution in [-0.2, 0) is 0 Å². The zero-order chi connectivity index (χ0) is 10.7. The van der Waals surface area contributed by atoms with Crippen molar-refractivity contribution in [3.63, 3.8) is 0 Å². The summed E-state index contributed by atoms with van der Waals surface area (Å²) in [4.78, 5) is 11.7. The van der Waals surface area contributed by atoms with Crippen molar-refractivity contribution in [2.45, 2.75) is 0 Å². The topological polar surface area (TPSA) is 49.8 Å². The number of ether oxygens (including phenoxy) is 1. The molecular formula is C9H10ClNO3. The molecule has 76 valence electrons. The Morgan fingerprint density at radius 2 is 2.21 bits per heavy atom. The van der Waals surface area contributed by atoms with Gasteiger partial charge in [0.05, 0.1) is 17.8 Å². The average molecular weight is 216 g/mol. The van der Waals surface area contributed by atoms with Crippen molar-refractivity contribution in [2.24, 2.45) is 0 Å². The second-order valence-corrected chi connectivity index (χ2v) is 3.07. The van der Waals surface area contributed by atoms with Crippen LogP contribution in [0.2, 0.25) is 5.02 Å². The molecule has 1 amide bonds. The predicted octanol–water partition coefficient (Wildman–Crippen LogP) is 2.46. The van der Waals surface area contributed by atoms with Gasteiger partial charge >= 0.3 is 6.09 Å². The largest absolute Gasteiger partial charge is 0.497 e. The fourth-order valence-corrected chi connectivity index (χ4v) is 1.29. The molecule has 14 heavy (non-hydrogen) atoms. The summed E-state index contributed by atoms with van der Waals surface area (Å²) in [5, 5.41) is 9.06. The molecule has 0 aromatic heterocycles. The van der Waals surface area contributed by atoms with Crippen LogP contribution in [0.3, 0.4) is 0 Å². The van der Waals surface area contributed by atoms with Gasteiger partial charge in [0.25, 0.3) is 0 Å². The highest BCUT2D eigenvalue weighted by molar-refractivity contribution is 6.33. The van der Waals surface area contributed by atoms with E-state index >= 15 is 0 Å². The molecule has 0 aliphatic heterocycles. The highest BCUT2D eigenvalue weighted by Crippen LogP contribution is 2.28. The zero-order valence-electron chi connectivity index (χ0n) is 7.82. The first-order valence-electron chi connectivity index (χ1n) is 3.86. The van der Waals surface area contributed by atoms with E-state index in [1.165, 1.54) is 14.2 Å². The lowest BCUT2D eigenvalue weighted by atomic mass is 10.3. The predicted molar refractivity (Wildman–Crippen MR) is 54.4 cm³/mol. The van der Waals surface area contributed by atoms with E-state index in [0.717, 1.165) is 4.90 Å². The molecule has 1 rings (SSSR count). The van der Waals surface area contributed by atoms with Gasteiger partial charge in [-0.2, -0.15) is 0 Å². The molecule has 0 atom stereocenters. The Bertz CT molecular complexity index is 354. The Kier molecular flexibility index (Phi) is 3.19. The number of amides is 1. The molecule has 0 aliphatic rings. The van der Waals surface area contributed by atoms with Crippen LogP contribution in [0.1, 0.15) is 0 Å². The monoisotopic (exact) mass is 215 g/mol. The zero-order valence-corrected chi connectivity index (χ0v) is 8.58. The van der Waals surface area contributed by atoms with Crippen LogP contribution in [0, 0.1) is 0 Å². The Balaban J connectivity index is 3.05. The normalized spacial score (nSPS) is 9.64. The van der Waals surface area contributed by atoms with Crippen LogP contribution in [0.4, 0.5) is 10.5 Å². The molecule has 4 nitrogen and oxygen atoms in total. The third kappa shape index (κ3) is 2.09. The van der Waals surface area contributed by atoms with Crippen molar-refractivity contribution >= 4 is 23.4 Å². The lowest BCUT2D eigenvalue weighted by Gasteiger charge is -2.15. The van der Waals surface area contributed by atoms with Crippen LogP contribution in [0.5, 0.6) is 5.75 Å². The van der Waals surface area contributed by atoms with Crippen molar-refractivity contribution in [3.05, 3.63) is 23.2 Å². The van der Waals surface area contributed by atoms with Crippen LogP contribution in [0.15, 0.2) is 18.2 Å². The van der Waals surface area contributed by atoms with E-state index in [-0.39, 0.29) is 0 Å². The van der Waals surface area contributed by atoms with Gasteiger partial charge in [0, 0.05) is 13.1 Å². The van der Waals surface area contributed by atoms with Crippen LogP contribution >= 0.6 is 11.6 Å². The smallest absolute Gasteiger partial charge is 0.411 e. The Morgan fingerprint density at radius 1 is 1.57 bits per heavy atom. The highest BCUT2D eigenvalue weighted by atomic mass is 35.5. The average Bonchev–Trinajstić information content (AvgIpc) is 2.16. The van der Waals surface area contributed by atoms with Crippen molar-refractivity contribution < 1.29 is 14.6 Å². The van der Waals surface area contributed by atoms with Gasteiger partial charge in [-0.15, -0.1) is 0 Å². The van der Waals surface area contributed by atoms with E-state index in [2.05, 4.69) is 0 Å². The maximum absolute atomic E-state index is 10.6. The van der Waals surface area contributed by atoms with E-state index in [1.807, 2.05) is 0 Å². The van der Waals surface area contributed by atoms with Crippen molar-refractivity contribution in [1.82, 2.24) is 0 Å². The van der Waals surface area contributed by atoms with Crippen LogP contribution < -0.4 is 9.64 Å². The number of carboxylic acid groups (broad SMARTS) is 1. The minimum Gasteiger partial charge on any atom is -0.497 e. The van der Waals surface area contributed by atoms with Gasteiger partial charge in [-0.3, -0.25) is 4.90 Å². The molecule has 0 fully saturated rings. The maximum atomic E-state index is 10.6. The van der Waals surface area contributed by atoms with E-state index in [1.54, 1.807) is 18.2 Å². The fraction of sp³-hybridized carbons (Fsp3) is 0.222. The van der Waals surface area contributed by atoms with Crippen molar-refractivity contribution in [3.8, 4) is 5.75 Å². The quantitative estimate of drug-likeness (QED) is 0.825. The Hall–Kier alpha value is -1.42. The number of nitrogens with zero attached hydrogens (tertiary/aromatic N) is 1. The second-order valence-electron chi connectivity index (χ2n) is 2.66. The van der Waals surface area contributed by atoms with Gasteiger partial charge in [0.15, 0.2) is 0 Å². The number of hydrogen-bond acceptors (Lipinski definition) is 2. The standard InChI is InChI=1S/C9H10ClNO3/c1-11(9(12)13)8-4-3-6(14-2)5-7(8)10/h3-5H,1-2H3,(H,12,13). The lowest BCUT2D eigenvalue weighted by molar-refractivity contribution is 0.203. The minimum atomic E-state index is -1.06. The number of halogens is 1. The van der Waals surface area contributed by atoms with E-state index in [9.17, 15) is 4.79 Å². The summed E-state index contributed by atoms with van der Waals surface area (Å²) in [6, 6.07) is 4.81. The Morgan fingerprint density at radius 3 is 2.64 bits per heavy atom. The molecule has 5 heteroatoms. The molecular weight excluding hydrogens is 206 g/mol. The first kappa shape index (κ1) is 10.7. The number of benzene rings is 1. The number of methoxy groups -OCH3 is 1. The second kappa shape index (κ2) is 4.19. The summed E-state index contributed by atoms with van der Waals surface area (Å²) in [5.41, 5.74) is 0.431. The molecule has 0 bridgehead atoms. The van der Waals surface area contributed by atoms with Crippen molar-refractivity contribution in [2.75, 3.05) is 19.1 Å². The molecule has 0 saturated heterocycles. The van der Waals surface area contributed by atoms with E-state index < -0.39 is 6.09 Å². The molecule has 0 spiro atoms.